The SMILES string of the molecule is CCN1CC(=O)N(CCCCC(C)(C)CCCCOCCCCC(C)(C)N2C(=O)CN(C)C2=O)C1=O. The van der Waals surface area contributed by atoms with Gasteiger partial charge in [-0.1, -0.05) is 26.7 Å². The number of carbonyl (C=O) groups is 4. The highest BCUT2D eigenvalue weighted by Crippen LogP contribution is 2.30. The topological polar surface area (TPSA) is 90.5 Å². The van der Waals surface area contributed by atoms with Crippen molar-refractivity contribution in [3.8, 4) is 0 Å². The van der Waals surface area contributed by atoms with Crippen molar-refractivity contribution in [3.63, 3.8) is 0 Å². The molecule has 0 aromatic carbocycles. The van der Waals surface area contributed by atoms with Crippen molar-refractivity contribution in [1.29, 1.82) is 0 Å². The molecule has 2 aliphatic heterocycles. The van der Waals surface area contributed by atoms with Crippen LogP contribution in [0.3, 0.4) is 0 Å². The van der Waals surface area contributed by atoms with Crippen LogP contribution in [0.25, 0.3) is 0 Å². The standard InChI is InChI=1S/C27H48N4O5/c1-7-29-21-22(32)30(25(29)35)17-11-8-14-26(2,3)15-9-12-18-36-19-13-10-16-27(4,5)31-23(33)20-28(6)24(31)34/h7-21H2,1-6H3. The maximum Gasteiger partial charge on any atom is 0.327 e. The molecule has 0 aromatic heterocycles. The zero-order valence-corrected chi connectivity index (χ0v) is 23.4. The van der Waals surface area contributed by atoms with Crippen molar-refractivity contribution in [2.45, 2.75) is 97.9 Å². The van der Waals surface area contributed by atoms with Crippen LogP contribution in [0.5, 0.6) is 0 Å². The van der Waals surface area contributed by atoms with E-state index in [-0.39, 0.29) is 42.4 Å². The van der Waals surface area contributed by atoms with Gasteiger partial charge in [-0.05, 0) is 71.1 Å². The molecule has 0 radical (unpaired) electrons. The van der Waals surface area contributed by atoms with E-state index in [1.54, 1.807) is 11.9 Å². The lowest BCUT2D eigenvalue weighted by Crippen LogP contribution is -2.48. The van der Waals surface area contributed by atoms with E-state index >= 15 is 0 Å². The molecule has 9 nitrogen and oxygen atoms in total. The largest absolute Gasteiger partial charge is 0.381 e. The highest BCUT2D eigenvalue weighted by molar-refractivity contribution is 6.02. The summed E-state index contributed by atoms with van der Waals surface area (Å²) in [7, 11) is 1.66. The van der Waals surface area contributed by atoms with Crippen molar-refractivity contribution in [2.75, 3.05) is 46.4 Å². The van der Waals surface area contributed by atoms with E-state index in [1.165, 1.54) is 14.7 Å². The Labute approximate surface area is 217 Å². The first kappa shape index (κ1) is 30.1. The van der Waals surface area contributed by atoms with Gasteiger partial charge in [0.2, 0.25) is 5.91 Å². The smallest absolute Gasteiger partial charge is 0.327 e. The number of hydrogen-bond donors (Lipinski definition) is 0. The van der Waals surface area contributed by atoms with E-state index in [0.29, 0.717) is 19.7 Å². The molecule has 206 valence electrons. The Morgan fingerprint density at radius 2 is 1.33 bits per heavy atom. The lowest BCUT2D eigenvalue weighted by atomic mass is 9.82. The molecule has 2 saturated heterocycles. The van der Waals surface area contributed by atoms with Gasteiger partial charge in [0, 0.05) is 38.9 Å². The summed E-state index contributed by atoms with van der Waals surface area (Å²) in [5, 5.41) is 0. The zero-order valence-electron chi connectivity index (χ0n) is 23.4. The zero-order chi connectivity index (χ0) is 26.9. The molecule has 6 amide bonds. The minimum Gasteiger partial charge on any atom is -0.381 e. The van der Waals surface area contributed by atoms with Crippen molar-refractivity contribution in [3.05, 3.63) is 0 Å². The lowest BCUT2D eigenvalue weighted by molar-refractivity contribution is -0.129. The first-order valence-electron chi connectivity index (χ1n) is 13.6. The van der Waals surface area contributed by atoms with E-state index in [4.69, 9.17) is 4.74 Å². The fourth-order valence-electron chi connectivity index (χ4n) is 5.06. The van der Waals surface area contributed by atoms with Crippen LogP contribution < -0.4 is 0 Å². The van der Waals surface area contributed by atoms with Crippen LogP contribution in [0.15, 0.2) is 0 Å². The van der Waals surface area contributed by atoms with Gasteiger partial charge in [-0.15, -0.1) is 0 Å². The summed E-state index contributed by atoms with van der Waals surface area (Å²) >= 11 is 0. The summed E-state index contributed by atoms with van der Waals surface area (Å²) in [6, 6.07) is -0.348. The van der Waals surface area contributed by atoms with E-state index in [2.05, 4.69) is 13.8 Å². The molecular formula is C27H48N4O5. The first-order chi connectivity index (χ1) is 16.9. The number of ether oxygens (including phenoxy) is 1. The molecule has 0 spiro atoms. The Bertz CT molecular complexity index is 782. The average Bonchev–Trinajstić information content (AvgIpc) is 3.22. The second-order valence-corrected chi connectivity index (χ2v) is 11.7. The molecule has 0 atom stereocenters. The van der Waals surface area contributed by atoms with Crippen LogP contribution in [0, 0.1) is 5.41 Å². The molecule has 2 heterocycles. The molecule has 0 N–H and O–H groups in total. The summed E-state index contributed by atoms with van der Waals surface area (Å²) < 4.78 is 5.81. The number of rotatable bonds is 17. The highest BCUT2D eigenvalue weighted by Gasteiger charge is 2.42. The van der Waals surface area contributed by atoms with Gasteiger partial charge in [-0.2, -0.15) is 0 Å². The van der Waals surface area contributed by atoms with Crippen LogP contribution in [-0.2, 0) is 14.3 Å². The molecule has 0 saturated carbocycles. The number of hydrogen-bond acceptors (Lipinski definition) is 5. The Hall–Kier alpha value is -2.16. The van der Waals surface area contributed by atoms with Crippen molar-refractivity contribution in [2.24, 2.45) is 5.41 Å². The fraction of sp³-hybridized carbons (Fsp3) is 0.852. The van der Waals surface area contributed by atoms with Gasteiger partial charge in [-0.3, -0.25) is 19.4 Å². The Morgan fingerprint density at radius 3 is 1.86 bits per heavy atom. The second-order valence-electron chi connectivity index (χ2n) is 11.7. The molecular weight excluding hydrogens is 460 g/mol. The third-order valence-corrected chi connectivity index (χ3v) is 7.46. The Morgan fingerprint density at radius 1 is 0.750 bits per heavy atom. The molecule has 2 fully saturated rings. The number of imide groups is 2. The van der Waals surface area contributed by atoms with Crippen LogP contribution in [-0.4, -0.2) is 95.5 Å². The maximum absolute atomic E-state index is 12.2. The van der Waals surface area contributed by atoms with Crippen LogP contribution in [0.4, 0.5) is 9.59 Å². The normalized spacial score (nSPS) is 17.4. The highest BCUT2D eigenvalue weighted by atomic mass is 16.5. The van der Waals surface area contributed by atoms with E-state index in [9.17, 15) is 19.2 Å². The minimum absolute atomic E-state index is 0.0746. The number of unbranched alkanes of at least 4 members (excludes halogenated alkanes) is 3. The van der Waals surface area contributed by atoms with Gasteiger partial charge in [0.1, 0.15) is 13.1 Å². The van der Waals surface area contributed by atoms with Gasteiger partial charge in [0.25, 0.3) is 5.91 Å². The van der Waals surface area contributed by atoms with Gasteiger partial charge in [-0.25, -0.2) is 9.59 Å². The molecule has 0 aromatic rings. The molecule has 2 rings (SSSR count). The first-order valence-corrected chi connectivity index (χ1v) is 13.6. The third-order valence-electron chi connectivity index (χ3n) is 7.46. The van der Waals surface area contributed by atoms with Gasteiger partial charge < -0.3 is 14.5 Å². The summed E-state index contributed by atoms with van der Waals surface area (Å²) in [6.45, 7) is 13.3. The second kappa shape index (κ2) is 13.4. The van der Waals surface area contributed by atoms with Crippen LogP contribution >= 0.6 is 0 Å². The van der Waals surface area contributed by atoms with Gasteiger partial charge >= 0.3 is 12.1 Å². The fourth-order valence-corrected chi connectivity index (χ4v) is 5.06. The Balaban J connectivity index is 1.49. The molecule has 0 bridgehead atoms. The van der Waals surface area contributed by atoms with Gasteiger partial charge in [0.05, 0.1) is 0 Å². The molecule has 0 aliphatic carbocycles. The molecule has 2 aliphatic rings. The summed E-state index contributed by atoms with van der Waals surface area (Å²) in [5.41, 5.74) is -0.238. The van der Waals surface area contributed by atoms with Crippen molar-refractivity contribution in [1.82, 2.24) is 19.6 Å². The number of carbonyl (C=O) groups excluding carboxylic acids is 4. The number of amides is 6. The quantitative estimate of drug-likeness (QED) is 0.213. The van der Waals surface area contributed by atoms with Crippen LogP contribution in [0.2, 0.25) is 0 Å². The molecule has 9 heteroatoms. The Kier molecular flexibility index (Phi) is 11.2. The van der Waals surface area contributed by atoms with E-state index in [1.807, 2.05) is 20.8 Å². The monoisotopic (exact) mass is 508 g/mol. The maximum atomic E-state index is 12.2. The molecule has 0 unspecified atom stereocenters. The summed E-state index contributed by atoms with van der Waals surface area (Å²) in [6.07, 6.45) is 8.81. The summed E-state index contributed by atoms with van der Waals surface area (Å²) in [4.78, 5) is 54.3. The van der Waals surface area contributed by atoms with Gasteiger partial charge in [0.15, 0.2) is 0 Å². The lowest BCUT2D eigenvalue weighted by Gasteiger charge is -2.33. The van der Waals surface area contributed by atoms with Crippen molar-refractivity contribution >= 4 is 23.9 Å². The predicted molar refractivity (Wildman–Crippen MR) is 139 cm³/mol. The van der Waals surface area contributed by atoms with Crippen molar-refractivity contribution < 1.29 is 23.9 Å². The third kappa shape index (κ3) is 8.46. The van der Waals surface area contributed by atoms with E-state index < -0.39 is 5.54 Å². The average molecular weight is 509 g/mol. The summed E-state index contributed by atoms with van der Waals surface area (Å²) in [5.74, 6) is -0.193. The number of urea groups is 2. The minimum atomic E-state index is -0.472. The number of nitrogens with zero attached hydrogens (tertiary/aromatic N) is 4. The number of likely N-dealkylation sites (N-methyl/N-ethyl adjacent to an activating group) is 2. The molecule has 36 heavy (non-hydrogen) atoms. The predicted octanol–water partition coefficient (Wildman–Crippen LogP) is 4.50. The van der Waals surface area contributed by atoms with E-state index in [0.717, 1.165) is 64.4 Å². The van der Waals surface area contributed by atoms with Crippen LogP contribution in [0.1, 0.15) is 92.4 Å².